The monoisotopic (exact) mass is 221 g/mol. The first kappa shape index (κ1) is 10.4. The predicted octanol–water partition coefficient (Wildman–Crippen LogP) is 3.08. The van der Waals surface area contributed by atoms with Gasteiger partial charge in [-0.05, 0) is 18.1 Å². The largest absolute Gasteiger partial charge is 0.384 e. The molecule has 0 spiro atoms. The number of ether oxygens (including phenoxy) is 1. The van der Waals surface area contributed by atoms with E-state index >= 15 is 0 Å². The summed E-state index contributed by atoms with van der Waals surface area (Å²) in [5.41, 5.74) is 2.15. The quantitative estimate of drug-likeness (QED) is 0.795. The Morgan fingerprint density at radius 1 is 1.33 bits per heavy atom. The molecule has 1 heterocycles. The van der Waals surface area contributed by atoms with Crippen molar-refractivity contribution in [2.75, 3.05) is 13.7 Å². The van der Waals surface area contributed by atoms with Crippen molar-refractivity contribution in [2.45, 2.75) is 6.42 Å². The molecule has 0 saturated heterocycles. The van der Waals surface area contributed by atoms with Crippen molar-refractivity contribution >= 4 is 22.5 Å². The predicted molar refractivity (Wildman–Crippen MR) is 62.3 cm³/mol. The molecule has 3 heteroatoms. The van der Waals surface area contributed by atoms with E-state index in [0.717, 1.165) is 22.3 Å². The van der Waals surface area contributed by atoms with Gasteiger partial charge in [-0.2, -0.15) is 0 Å². The van der Waals surface area contributed by atoms with Gasteiger partial charge < -0.3 is 4.74 Å². The first-order chi connectivity index (χ1) is 7.33. The molecule has 2 rings (SSSR count). The normalized spacial score (nSPS) is 10.8. The molecule has 2 nitrogen and oxygen atoms in total. The van der Waals surface area contributed by atoms with Gasteiger partial charge in [0.05, 0.1) is 17.1 Å². The molecule has 0 atom stereocenters. The molecule has 0 amide bonds. The average molecular weight is 222 g/mol. The lowest BCUT2D eigenvalue weighted by Crippen LogP contribution is -1.96. The van der Waals surface area contributed by atoms with E-state index in [1.165, 1.54) is 5.56 Å². The van der Waals surface area contributed by atoms with E-state index in [4.69, 9.17) is 16.3 Å². The van der Waals surface area contributed by atoms with E-state index in [0.29, 0.717) is 6.61 Å². The number of rotatable bonds is 3. The molecular formula is C12H12ClNO. The van der Waals surface area contributed by atoms with Crippen molar-refractivity contribution < 1.29 is 4.74 Å². The zero-order chi connectivity index (χ0) is 10.7. The number of aromatic nitrogens is 1. The molecule has 0 aliphatic heterocycles. The molecular weight excluding hydrogens is 210 g/mol. The summed E-state index contributed by atoms with van der Waals surface area (Å²) in [4.78, 5) is 4.35. The van der Waals surface area contributed by atoms with Crippen molar-refractivity contribution in [3.05, 3.63) is 41.0 Å². The van der Waals surface area contributed by atoms with Crippen LogP contribution in [0, 0.1) is 0 Å². The van der Waals surface area contributed by atoms with Gasteiger partial charge in [-0.3, -0.25) is 4.98 Å². The van der Waals surface area contributed by atoms with Crippen molar-refractivity contribution in [2.24, 2.45) is 0 Å². The minimum absolute atomic E-state index is 0.702. The fourth-order valence-corrected chi connectivity index (χ4v) is 1.83. The van der Waals surface area contributed by atoms with Crippen LogP contribution in [0.25, 0.3) is 10.9 Å². The first-order valence-corrected chi connectivity index (χ1v) is 5.22. The van der Waals surface area contributed by atoms with E-state index in [-0.39, 0.29) is 0 Å². The number of nitrogens with zero attached hydrogens (tertiary/aromatic N) is 1. The molecule has 0 bridgehead atoms. The summed E-state index contributed by atoms with van der Waals surface area (Å²) in [6.45, 7) is 0.702. The Labute approximate surface area is 93.8 Å². The van der Waals surface area contributed by atoms with E-state index < -0.39 is 0 Å². The van der Waals surface area contributed by atoms with Gasteiger partial charge in [0.25, 0.3) is 0 Å². The first-order valence-electron chi connectivity index (χ1n) is 4.84. The molecule has 0 fully saturated rings. The zero-order valence-electron chi connectivity index (χ0n) is 8.53. The topological polar surface area (TPSA) is 22.1 Å². The summed E-state index contributed by atoms with van der Waals surface area (Å²) in [7, 11) is 1.70. The fourth-order valence-electron chi connectivity index (χ4n) is 1.62. The lowest BCUT2D eigenvalue weighted by atomic mass is 10.1. The lowest BCUT2D eigenvalue weighted by Gasteiger charge is -2.05. The summed E-state index contributed by atoms with van der Waals surface area (Å²) in [6.07, 6.45) is 2.60. The highest BCUT2D eigenvalue weighted by Gasteiger charge is 2.04. The number of pyridine rings is 1. The van der Waals surface area contributed by atoms with Crippen molar-refractivity contribution in [3.8, 4) is 0 Å². The van der Waals surface area contributed by atoms with Crippen LogP contribution in [0.15, 0.2) is 30.5 Å². The van der Waals surface area contributed by atoms with E-state index in [2.05, 4.69) is 11.1 Å². The summed E-state index contributed by atoms with van der Waals surface area (Å²) >= 11 is 6.09. The Morgan fingerprint density at radius 3 is 3.00 bits per heavy atom. The highest BCUT2D eigenvalue weighted by Crippen LogP contribution is 2.23. The third-order valence-corrected chi connectivity index (χ3v) is 2.71. The standard InChI is InChI=1S/C12H12ClNO/c1-15-8-6-9-3-2-4-10-11(13)5-7-14-12(9)10/h2-5,7H,6,8H2,1H3. The van der Waals surface area contributed by atoms with Gasteiger partial charge in [0, 0.05) is 18.7 Å². The van der Waals surface area contributed by atoms with Crippen LogP contribution in [0.1, 0.15) is 5.56 Å². The van der Waals surface area contributed by atoms with Crippen molar-refractivity contribution in [3.63, 3.8) is 0 Å². The average Bonchev–Trinajstić information content (AvgIpc) is 2.27. The minimum Gasteiger partial charge on any atom is -0.384 e. The molecule has 0 radical (unpaired) electrons. The molecule has 1 aromatic carbocycles. The van der Waals surface area contributed by atoms with Crippen LogP contribution in [0.3, 0.4) is 0 Å². The number of benzene rings is 1. The van der Waals surface area contributed by atoms with Crippen LogP contribution in [-0.2, 0) is 11.2 Å². The fraction of sp³-hybridized carbons (Fsp3) is 0.250. The highest BCUT2D eigenvalue weighted by molar-refractivity contribution is 6.35. The molecule has 1 aromatic heterocycles. The SMILES string of the molecule is COCCc1cccc2c(Cl)ccnc12. The van der Waals surface area contributed by atoms with Crippen LogP contribution in [-0.4, -0.2) is 18.7 Å². The Hall–Kier alpha value is -1.12. The Bertz CT molecular complexity index is 470. The van der Waals surface area contributed by atoms with Gasteiger partial charge in [-0.15, -0.1) is 0 Å². The second kappa shape index (κ2) is 4.60. The van der Waals surface area contributed by atoms with Gasteiger partial charge in [0.2, 0.25) is 0 Å². The van der Waals surface area contributed by atoms with Gasteiger partial charge in [0.15, 0.2) is 0 Å². The third-order valence-electron chi connectivity index (χ3n) is 2.38. The maximum atomic E-state index is 6.09. The van der Waals surface area contributed by atoms with Crippen LogP contribution in [0.2, 0.25) is 5.02 Å². The molecule has 0 unspecified atom stereocenters. The van der Waals surface area contributed by atoms with Crippen LogP contribution in [0.4, 0.5) is 0 Å². The molecule has 0 saturated carbocycles. The van der Waals surface area contributed by atoms with Gasteiger partial charge in [-0.25, -0.2) is 0 Å². The van der Waals surface area contributed by atoms with Crippen LogP contribution in [0.5, 0.6) is 0 Å². The molecule has 2 aromatic rings. The summed E-state index contributed by atoms with van der Waals surface area (Å²) < 4.78 is 5.06. The Balaban J connectivity index is 2.51. The summed E-state index contributed by atoms with van der Waals surface area (Å²) in [5, 5.41) is 1.76. The van der Waals surface area contributed by atoms with Crippen LogP contribution >= 0.6 is 11.6 Å². The van der Waals surface area contributed by atoms with Gasteiger partial charge in [-0.1, -0.05) is 29.8 Å². The van der Waals surface area contributed by atoms with E-state index in [1.54, 1.807) is 13.3 Å². The summed E-state index contributed by atoms with van der Waals surface area (Å²) in [5.74, 6) is 0. The number of fused-ring (bicyclic) bond motifs is 1. The van der Waals surface area contributed by atoms with Gasteiger partial charge in [0.1, 0.15) is 0 Å². The second-order valence-corrected chi connectivity index (χ2v) is 3.76. The second-order valence-electron chi connectivity index (χ2n) is 3.35. The maximum absolute atomic E-state index is 6.09. The summed E-state index contributed by atoms with van der Waals surface area (Å²) in [6, 6.07) is 7.86. The Kier molecular flexibility index (Phi) is 3.19. The number of halogens is 1. The maximum Gasteiger partial charge on any atom is 0.0749 e. The van der Waals surface area contributed by atoms with Crippen molar-refractivity contribution in [1.29, 1.82) is 0 Å². The zero-order valence-corrected chi connectivity index (χ0v) is 9.29. The van der Waals surface area contributed by atoms with E-state index in [1.807, 2.05) is 18.2 Å². The minimum atomic E-state index is 0.702. The lowest BCUT2D eigenvalue weighted by molar-refractivity contribution is 0.202. The highest BCUT2D eigenvalue weighted by atomic mass is 35.5. The molecule has 0 N–H and O–H groups in total. The number of hydrogen-bond acceptors (Lipinski definition) is 2. The van der Waals surface area contributed by atoms with Crippen molar-refractivity contribution in [1.82, 2.24) is 4.98 Å². The van der Waals surface area contributed by atoms with Crippen LogP contribution < -0.4 is 0 Å². The third kappa shape index (κ3) is 2.11. The molecule has 0 aliphatic rings. The number of hydrogen-bond donors (Lipinski definition) is 0. The molecule has 15 heavy (non-hydrogen) atoms. The van der Waals surface area contributed by atoms with Gasteiger partial charge >= 0.3 is 0 Å². The number of para-hydroxylation sites is 1. The number of methoxy groups -OCH3 is 1. The smallest absolute Gasteiger partial charge is 0.0749 e. The Morgan fingerprint density at radius 2 is 2.20 bits per heavy atom. The molecule has 0 aliphatic carbocycles. The van der Waals surface area contributed by atoms with E-state index in [9.17, 15) is 0 Å². The molecule has 78 valence electrons.